The quantitative estimate of drug-likeness (QED) is 0.623. The zero-order valence-electron chi connectivity index (χ0n) is 11.5. The van der Waals surface area contributed by atoms with E-state index in [1.54, 1.807) is 11.8 Å². The van der Waals surface area contributed by atoms with Crippen LogP contribution in [0.1, 0.15) is 19.8 Å². The second-order valence-electron chi connectivity index (χ2n) is 4.88. The molecule has 0 N–H and O–H groups in total. The maximum atomic E-state index is 5.47. The lowest BCUT2D eigenvalue weighted by molar-refractivity contribution is 0.0846. The van der Waals surface area contributed by atoms with E-state index in [4.69, 9.17) is 9.72 Å². The van der Waals surface area contributed by atoms with Crippen molar-refractivity contribution in [2.24, 2.45) is 0 Å². The van der Waals surface area contributed by atoms with Crippen molar-refractivity contribution in [3.63, 3.8) is 0 Å². The fraction of sp³-hybridized carbons (Fsp3) is 0.692. The molecule has 1 fully saturated rings. The zero-order chi connectivity index (χ0) is 13.2. The van der Waals surface area contributed by atoms with Gasteiger partial charge in [-0.1, -0.05) is 11.8 Å². The summed E-state index contributed by atoms with van der Waals surface area (Å²) in [6.45, 7) is 5.84. The Balaban J connectivity index is 1.91. The molecule has 3 heterocycles. The SMILES string of the molecule is CCN1CN(C2CCOCC2)c2nc(SC)ncc21. The van der Waals surface area contributed by atoms with Crippen LogP contribution in [0, 0.1) is 0 Å². The van der Waals surface area contributed by atoms with Crippen molar-refractivity contribution in [1.29, 1.82) is 0 Å². The Morgan fingerprint density at radius 2 is 2.21 bits per heavy atom. The van der Waals surface area contributed by atoms with Crippen LogP contribution in [0.5, 0.6) is 0 Å². The molecule has 0 aliphatic carbocycles. The smallest absolute Gasteiger partial charge is 0.189 e. The van der Waals surface area contributed by atoms with E-state index in [1.165, 1.54) is 5.69 Å². The lowest BCUT2D eigenvalue weighted by atomic mass is 10.1. The average molecular weight is 280 g/mol. The summed E-state index contributed by atoms with van der Waals surface area (Å²) in [5.41, 5.74) is 1.17. The number of hydrogen-bond donors (Lipinski definition) is 0. The molecular weight excluding hydrogens is 260 g/mol. The van der Waals surface area contributed by atoms with E-state index in [0.717, 1.165) is 50.2 Å². The molecule has 0 spiro atoms. The first-order valence-corrected chi connectivity index (χ1v) is 8.06. The van der Waals surface area contributed by atoms with Gasteiger partial charge in [-0.3, -0.25) is 0 Å². The van der Waals surface area contributed by atoms with Crippen LogP contribution in [0.25, 0.3) is 0 Å². The van der Waals surface area contributed by atoms with Crippen molar-refractivity contribution < 1.29 is 4.74 Å². The predicted octanol–water partition coefficient (Wildman–Crippen LogP) is 1.98. The fourth-order valence-electron chi connectivity index (χ4n) is 2.77. The Morgan fingerprint density at radius 1 is 1.42 bits per heavy atom. The minimum atomic E-state index is 0.550. The molecule has 1 aromatic rings. The van der Waals surface area contributed by atoms with Crippen molar-refractivity contribution in [2.45, 2.75) is 31.0 Å². The van der Waals surface area contributed by atoms with Gasteiger partial charge >= 0.3 is 0 Å². The van der Waals surface area contributed by atoms with Gasteiger partial charge in [0.15, 0.2) is 11.0 Å². The van der Waals surface area contributed by atoms with Crippen molar-refractivity contribution >= 4 is 23.3 Å². The summed E-state index contributed by atoms with van der Waals surface area (Å²) < 4.78 is 5.47. The number of anilines is 2. The number of hydrogen-bond acceptors (Lipinski definition) is 6. The van der Waals surface area contributed by atoms with Crippen LogP contribution in [0.15, 0.2) is 11.4 Å². The van der Waals surface area contributed by atoms with Crippen LogP contribution in [0.2, 0.25) is 0 Å². The monoisotopic (exact) mass is 280 g/mol. The fourth-order valence-corrected chi connectivity index (χ4v) is 3.10. The van der Waals surface area contributed by atoms with Crippen molar-refractivity contribution in [2.75, 3.05) is 42.5 Å². The standard InChI is InChI=1S/C13H20N4OS/c1-3-16-9-17(10-4-6-18-7-5-10)12-11(16)8-14-13(15-12)19-2/h8,10H,3-7,9H2,1-2H3. The Labute approximate surface area is 118 Å². The van der Waals surface area contributed by atoms with Crippen LogP contribution in [-0.4, -0.2) is 48.7 Å². The Bertz CT molecular complexity index is 450. The first kappa shape index (κ1) is 13.0. The summed E-state index contributed by atoms with van der Waals surface area (Å²) in [7, 11) is 0. The lowest BCUT2D eigenvalue weighted by Gasteiger charge is -2.32. The molecule has 1 aromatic heterocycles. The average Bonchev–Trinajstić information content (AvgIpc) is 2.86. The van der Waals surface area contributed by atoms with Gasteiger partial charge in [0.2, 0.25) is 0 Å². The number of fused-ring (bicyclic) bond motifs is 1. The summed E-state index contributed by atoms with van der Waals surface area (Å²) in [4.78, 5) is 13.9. The second-order valence-corrected chi connectivity index (χ2v) is 5.65. The molecule has 0 bridgehead atoms. The van der Waals surface area contributed by atoms with E-state index in [1.807, 2.05) is 12.5 Å². The topological polar surface area (TPSA) is 41.5 Å². The van der Waals surface area contributed by atoms with Gasteiger partial charge in [0.1, 0.15) is 5.69 Å². The Morgan fingerprint density at radius 3 is 2.89 bits per heavy atom. The number of aromatic nitrogens is 2. The van der Waals surface area contributed by atoms with E-state index >= 15 is 0 Å². The molecule has 19 heavy (non-hydrogen) atoms. The van der Waals surface area contributed by atoms with E-state index in [2.05, 4.69) is 21.7 Å². The third kappa shape index (κ3) is 2.39. The normalized spacial score (nSPS) is 19.9. The van der Waals surface area contributed by atoms with Crippen LogP contribution < -0.4 is 9.80 Å². The molecule has 6 heteroatoms. The first-order valence-electron chi connectivity index (χ1n) is 6.84. The van der Waals surface area contributed by atoms with Crippen molar-refractivity contribution in [3.8, 4) is 0 Å². The highest BCUT2D eigenvalue weighted by molar-refractivity contribution is 7.98. The molecule has 104 valence electrons. The molecule has 0 atom stereocenters. The highest BCUT2D eigenvalue weighted by Gasteiger charge is 2.33. The van der Waals surface area contributed by atoms with Gasteiger partial charge in [-0.2, -0.15) is 0 Å². The summed E-state index contributed by atoms with van der Waals surface area (Å²) in [6.07, 6.45) is 6.18. The van der Waals surface area contributed by atoms with E-state index in [-0.39, 0.29) is 0 Å². The van der Waals surface area contributed by atoms with Gasteiger partial charge in [0, 0.05) is 25.8 Å². The van der Waals surface area contributed by atoms with Crippen molar-refractivity contribution in [3.05, 3.63) is 6.20 Å². The van der Waals surface area contributed by atoms with Crippen LogP contribution in [0.4, 0.5) is 11.5 Å². The molecule has 0 amide bonds. The largest absolute Gasteiger partial charge is 0.381 e. The van der Waals surface area contributed by atoms with E-state index in [9.17, 15) is 0 Å². The van der Waals surface area contributed by atoms with Gasteiger partial charge in [0.25, 0.3) is 0 Å². The number of thioether (sulfide) groups is 1. The zero-order valence-corrected chi connectivity index (χ0v) is 12.3. The van der Waals surface area contributed by atoms with Gasteiger partial charge < -0.3 is 14.5 Å². The Hall–Kier alpha value is -1.01. The molecule has 0 radical (unpaired) electrons. The van der Waals surface area contributed by atoms with Crippen molar-refractivity contribution in [1.82, 2.24) is 9.97 Å². The third-order valence-corrected chi connectivity index (χ3v) is 4.42. The lowest BCUT2D eigenvalue weighted by Crippen LogP contribution is -2.42. The molecule has 5 nitrogen and oxygen atoms in total. The predicted molar refractivity (Wildman–Crippen MR) is 78.0 cm³/mol. The van der Waals surface area contributed by atoms with Crippen LogP contribution in [-0.2, 0) is 4.74 Å². The highest BCUT2D eigenvalue weighted by Crippen LogP contribution is 2.37. The number of nitrogens with zero attached hydrogens (tertiary/aromatic N) is 4. The minimum absolute atomic E-state index is 0.550. The van der Waals surface area contributed by atoms with Gasteiger partial charge in [0.05, 0.1) is 12.9 Å². The maximum Gasteiger partial charge on any atom is 0.189 e. The number of ether oxygens (including phenoxy) is 1. The van der Waals surface area contributed by atoms with Crippen LogP contribution >= 0.6 is 11.8 Å². The second kappa shape index (κ2) is 5.54. The molecule has 2 aliphatic rings. The van der Waals surface area contributed by atoms with E-state index < -0.39 is 0 Å². The third-order valence-electron chi connectivity index (χ3n) is 3.86. The summed E-state index contributed by atoms with van der Waals surface area (Å²) in [6, 6.07) is 0.550. The van der Waals surface area contributed by atoms with Gasteiger partial charge in [-0.15, -0.1) is 0 Å². The molecule has 3 rings (SSSR count). The molecule has 0 unspecified atom stereocenters. The van der Waals surface area contributed by atoms with E-state index in [0.29, 0.717) is 6.04 Å². The minimum Gasteiger partial charge on any atom is -0.381 e. The molecule has 1 saturated heterocycles. The first-order chi connectivity index (χ1) is 9.33. The van der Waals surface area contributed by atoms with Gasteiger partial charge in [-0.25, -0.2) is 9.97 Å². The molecule has 0 aromatic carbocycles. The number of rotatable bonds is 3. The van der Waals surface area contributed by atoms with Crippen LogP contribution in [0.3, 0.4) is 0 Å². The summed E-state index contributed by atoms with van der Waals surface area (Å²) in [5.74, 6) is 1.10. The summed E-state index contributed by atoms with van der Waals surface area (Å²) in [5, 5.41) is 0.855. The highest BCUT2D eigenvalue weighted by atomic mass is 32.2. The molecule has 2 aliphatic heterocycles. The van der Waals surface area contributed by atoms with Gasteiger partial charge in [-0.05, 0) is 26.0 Å². The maximum absolute atomic E-state index is 5.47. The Kier molecular flexibility index (Phi) is 3.79. The summed E-state index contributed by atoms with van der Waals surface area (Å²) >= 11 is 1.60. The molecular formula is C13H20N4OS. The molecule has 0 saturated carbocycles.